The lowest BCUT2D eigenvalue weighted by Crippen LogP contribution is -2.35. The molecule has 2 heterocycles. The molecule has 1 aliphatic rings. The Morgan fingerprint density at radius 3 is 2.38 bits per heavy atom. The van der Waals surface area contributed by atoms with Gasteiger partial charge in [0.25, 0.3) is 5.76 Å². The molecule has 0 radical (unpaired) electrons. The number of benzene rings is 2. The maximum Gasteiger partial charge on any atom is 0.453 e. The molecule has 2 aromatic carbocycles. The van der Waals surface area contributed by atoms with Gasteiger partial charge in [0.1, 0.15) is 17.1 Å². The second-order valence-corrected chi connectivity index (χ2v) is 7.84. The number of alkyl halides is 3. The van der Waals surface area contributed by atoms with Crippen LogP contribution in [0.3, 0.4) is 0 Å². The molecule has 0 amide bonds. The van der Waals surface area contributed by atoms with Crippen LogP contribution < -0.4 is 10.2 Å². The van der Waals surface area contributed by atoms with Crippen LogP contribution >= 0.6 is 0 Å². The van der Waals surface area contributed by atoms with E-state index < -0.39 is 23.1 Å². The summed E-state index contributed by atoms with van der Waals surface area (Å²) in [7, 11) is 0. The smallest absolute Gasteiger partial charge is 0.453 e. The Balaban J connectivity index is 1.88. The van der Waals surface area contributed by atoms with E-state index in [0.29, 0.717) is 26.3 Å². The first-order valence-corrected chi connectivity index (χ1v) is 10.1. The van der Waals surface area contributed by atoms with Gasteiger partial charge in [-0.1, -0.05) is 6.07 Å². The molecule has 1 aromatic heterocycles. The lowest BCUT2D eigenvalue weighted by Gasteiger charge is -2.27. The van der Waals surface area contributed by atoms with Gasteiger partial charge in [-0.05, 0) is 49.2 Å². The third-order valence-corrected chi connectivity index (χ3v) is 5.25. The van der Waals surface area contributed by atoms with Gasteiger partial charge in [0.2, 0.25) is 11.2 Å². The molecule has 4 rings (SSSR count). The quantitative estimate of drug-likeness (QED) is 0.619. The number of fused-ring (bicyclic) bond motifs is 1. The predicted octanol–water partition coefficient (Wildman–Crippen LogP) is 4.76. The number of morpholine rings is 1. The molecule has 32 heavy (non-hydrogen) atoms. The highest BCUT2D eigenvalue weighted by atomic mass is 19.4. The van der Waals surface area contributed by atoms with E-state index in [1.54, 1.807) is 13.8 Å². The number of ether oxygens (including phenoxy) is 2. The highest BCUT2D eigenvalue weighted by Crippen LogP contribution is 2.40. The standard InChI is InChI=1S/C23H22F3NO5/c1-13-9-14(2)11-15(10-13)31-21-19(29)16-3-4-18(28)17(12-27-5-7-30-8-6-27)20(16)32-22(21)23(24,25)26/h3-4,9-11,28H,5-8,12H2,1-2H3. The van der Waals surface area contributed by atoms with E-state index in [9.17, 15) is 23.1 Å². The SMILES string of the molecule is Cc1cc(C)cc(Oc2c(C(F)(F)F)oc3c(CN4CCOCC4)c(O)ccc3c2=O)c1. The summed E-state index contributed by atoms with van der Waals surface area (Å²) < 4.78 is 57.7. The molecule has 0 atom stereocenters. The van der Waals surface area contributed by atoms with Gasteiger partial charge < -0.3 is 19.0 Å². The molecular formula is C23H22F3NO5. The van der Waals surface area contributed by atoms with E-state index >= 15 is 0 Å². The molecule has 1 fully saturated rings. The number of hydrogen-bond acceptors (Lipinski definition) is 6. The Kier molecular flexibility index (Phi) is 5.87. The van der Waals surface area contributed by atoms with E-state index in [1.807, 2.05) is 11.0 Å². The van der Waals surface area contributed by atoms with Gasteiger partial charge in [-0.2, -0.15) is 13.2 Å². The molecule has 1 N–H and O–H groups in total. The Hall–Kier alpha value is -3.04. The maximum absolute atomic E-state index is 13.9. The lowest BCUT2D eigenvalue weighted by molar-refractivity contribution is -0.154. The summed E-state index contributed by atoms with van der Waals surface area (Å²) in [6.07, 6.45) is -4.98. The normalized spacial score (nSPS) is 15.3. The molecule has 170 valence electrons. The molecule has 1 aliphatic heterocycles. The maximum atomic E-state index is 13.9. The summed E-state index contributed by atoms with van der Waals surface area (Å²) >= 11 is 0. The number of rotatable bonds is 4. The fraction of sp³-hybridized carbons (Fsp3) is 0.348. The van der Waals surface area contributed by atoms with Crippen molar-refractivity contribution in [3.05, 3.63) is 63.0 Å². The van der Waals surface area contributed by atoms with E-state index in [4.69, 9.17) is 13.9 Å². The summed E-state index contributed by atoms with van der Waals surface area (Å²) in [4.78, 5) is 15.0. The monoisotopic (exact) mass is 449 g/mol. The van der Waals surface area contributed by atoms with Gasteiger partial charge in [0.15, 0.2) is 0 Å². The summed E-state index contributed by atoms with van der Waals surface area (Å²) in [5.41, 5.74) is 0.403. The van der Waals surface area contributed by atoms with E-state index in [1.165, 1.54) is 24.3 Å². The lowest BCUT2D eigenvalue weighted by atomic mass is 10.1. The van der Waals surface area contributed by atoms with Crippen molar-refractivity contribution in [1.82, 2.24) is 4.90 Å². The number of hydrogen-bond donors (Lipinski definition) is 1. The van der Waals surface area contributed by atoms with Gasteiger partial charge in [0, 0.05) is 19.6 Å². The van der Waals surface area contributed by atoms with Crippen molar-refractivity contribution in [2.24, 2.45) is 0 Å². The van der Waals surface area contributed by atoms with Crippen LogP contribution in [0.25, 0.3) is 11.0 Å². The van der Waals surface area contributed by atoms with Gasteiger partial charge in [0.05, 0.1) is 24.2 Å². The van der Waals surface area contributed by atoms with Crippen LogP contribution in [0.5, 0.6) is 17.2 Å². The first-order chi connectivity index (χ1) is 15.1. The van der Waals surface area contributed by atoms with Gasteiger partial charge in [-0.15, -0.1) is 0 Å². The largest absolute Gasteiger partial charge is 0.507 e. The Morgan fingerprint density at radius 1 is 1.09 bits per heavy atom. The van der Waals surface area contributed by atoms with Crippen molar-refractivity contribution in [2.45, 2.75) is 26.6 Å². The molecule has 0 unspecified atom stereocenters. The van der Waals surface area contributed by atoms with Crippen LogP contribution in [0.2, 0.25) is 0 Å². The molecular weight excluding hydrogens is 427 g/mol. The van der Waals surface area contributed by atoms with Crippen LogP contribution in [-0.2, 0) is 17.5 Å². The molecule has 9 heteroatoms. The zero-order valence-electron chi connectivity index (χ0n) is 17.6. The summed E-state index contributed by atoms with van der Waals surface area (Å²) in [6.45, 7) is 5.68. The van der Waals surface area contributed by atoms with Gasteiger partial charge in [-0.25, -0.2) is 0 Å². The zero-order valence-corrected chi connectivity index (χ0v) is 17.6. The second-order valence-electron chi connectivity index (χ2n) is 7.84. The first-order valence-electron chi connectivity index (χ1n) is 10.1. The van der Waals surface area contributed by atoms with Crippen LogP contribution in [0, 0.1) is 13.8 Å². The summed E-state index contributed by atoms with van der Waals surface area (Å²) in [5, 5.41) is 10.3. The number of halogens is 3. The van der Waals surface area contributed by atoms with Crippen molar-refractivity contribution >= 4 is 11.0 Å². The van der Waals surface area contributed by atoms with Crippen molar-refractivity contribution in [3.8, 4) is 17.2 Å². The Labute approximate surface area is 181 Å². The Bertz CT molecular complexity index is 1190. The van der Waals surface area contributed by atoms with Gasteiger partial charge >= 0.3 is 6.18 Å². The van der Waals surface area contributed by atoms with Crippen molar-refractivity contribution < 1.29 is 32.2 Å². The fourth-order valence-corrected chi connectivity index (χ4v) is 3.81. The molecule has 0 aliphatic carbocycles. The average Bonchev–Trinajstić information content (AvgIpc) is 2.71. The highest BCUT2D eigenvalue weighted by Gasteiger charge is 2.41. The summed E-state index contributed by atoms with van der Waals surface area (Å²) in [5.74, 6) is -2.61. The zero-order chi connectivity index (χ0) is 23.0. The average molecular weight is 449 g/mol. The molecule has 0 saturated carbocycles. The molecule has 6 nitrogen and oxygen atoms in total. The van der Waals surface area contributed by atoms with Crippen LogP contribution in [0.4, 0.5) is 13.2 Å². The van der Waals surface area contributed by atoms with E-state index in [-0.39, 0.29) is 34.6 Å². The van der Waals surface area contributed by atoms with E-state index in [0.717, 1.165) is 11.1 Å². The molecule has 0 spiro atoms. The van der Waals surface area contributed by atoms with E-state index in [2.05, 4.69) is 0 Å². The predicted molar refractivity (Wildman–Crippen MR) is 111 cm³/mol. The van der Waals surface area contributed by atoms with Crippen LogP contribution in [-0.4, -0.2) is 36.3 Å². The molecule has 0 bridgehead atoms. The number of nitrogens with zero attached hydrogens (tertiary/aromatic N) is 1. The van der Waals surface area contributed by atoms with Crippen LogP contribution in [0.15, 0.2) is 39.5 Å². The van der Waals surface area contributed by atoms with Crippen LogP contribution in [0.1, 0.15) is 22.5 Å². The highest BCUT2D eigenvalue weighted by molar-refractivity contribution is 5.83. The number of phenols is 1. The fourth-order valence-electron chi connectivity index (χ4n) is 3.81. The minimum absolute atomic E-state index is 0.0987. The number of aryl methyl sites for hydroxylation is 2. The third kappa shape index (κ3) is 4.44. The minimum Gasteiger partial charge on any atom is -0.507 e. The number of phenolic OH excluding ortho intramolecular Hbond substituents is 1. The third-order valence-electron chi connectivity index (χ3n) is 5.25. The van der Waals surface area contributed by atoms with Crippen molar-refractivity contribution in [3.63, 3.8) is 0 Å². The van der Waals surface area contributed by atoms with Gasteiger partial charge in [-0.3, -0.25) is 9.69 Å². The topological polar surface area (TPSA) is 72.1 Å². The van der Waals surface area contributed by atoms with Crippen molar-refractivity contribution in [1.29, 1.82) is 0 Å². The summed E-state index contributed by atoms with van der Waals surface area (Å²) in [6, 6.07) is 7.44. The second kappa shape index (κ2) is 8.48. The Morgan fingerprint density at radius 2 is 1.75 bits per heavy atom. The van der Waals surface area contributed by atoms with Crippen molar-refractivity contribution in [2.75, 3.05) is 26.3 Å². The molecule has 1 saturated heterocycles. The molecule has 3 aromatic rings. The first kappa shape index (κ1) is 22.2. The number of aromatic hydroxyl groups is 1. The minimum atomic E-state index is -4.98.